The Balaban J connectivity index is 1.87. The minimum atomic E-state index is -0.577. The van der Waals surface area contributed by atoms with Crippen molar-refractivity contribution in [3.63, 3.8) is 0 Å². The third-order valence-corrected chi connectivity index (χ3v) is 4.91. The summed E-state index contributed by atoms with van der Waals surface area (Å²) >= 11 is 0. The van der Waals surface area contributed by atoms with Gasteiger partial charge in [0, 0.05) is 42.0 Å². The molecule has 0 fully saturated rings. The van der Waals surface area contributed by atoms with Crippen molar-refractivity contribution in [2.45, 2.75) is 59.2 Å². The topological polar surface area (TPSA) is 88.4 Å². The van der Waals surface area contributed by atoms with Crippen molar-refractivity contribution >= 4 is 22.7 Å². The fourth-order valence-electron chi connectivity index (χ4n) is 3.23. The second kappa shape index (κ2) is 8.98. The molecule has 0 aliphatic carbocycles. The van der Waals surface area contributed by atoms with Crippen molar-refractivity contribution in [3.8, 4) is 11.3 Å². The summed E-state index contributed by atoms with van der Waals surface area (Å²) in [5.41, 5.74) is 2.79. The van der Waals surface area contributed by atoms with E-state index in [1.165, 1.54) is 4.90 Å². The molecule has 164 valence electrons. The van der Waals surface area contributed by atoms with Crippen molar-refractivity contribution in [2.24, 2.45) is 0 Å². The number of aliphatic hydroxyl groups excluding tert-OH is 1. The van der Waals surface area contributed by atoms with Crippen molar-refractivity contribution in [1.82, 2.24) is 15.0 Å². The average molecular weight is 423 g/mol. The Morgan fingerprint density at radius 1 is 1.10 bits per heavy atom. The Kier molecular flexibility index (Phi) is 6.55. The van der Waals surface area contributed by atoms with E-state index in [-0.39, 0.29) is 0 Å². The number of carbonyl (C=O) groups is 1. The van der Waals surface area contributed by atoms with Gasteiger partial charge in [0.15, 0.2) is 0 Å². The standard InChI is InChI=1S/C24H30N4O3/c1-7-8-21(29)20-9-15(2)18(14-26-20)19-10-16-13-27-22(11-17(16)12-25-19)28(6)23(30)31-24(3,4)5/h9-14,21,29H,7-8H2,1-6H3. The third kappa shape index (κ3) is 5.35. The summed E-state index contributed by atoms with van der Waals surface area (Å²) in [6, 6.07) is 5.68. The van der Waals surface area contributed by atoms with Crippen LogP contribution in [0, 0.1) is 6.92 Å². The molecule has 0 saturated carbocycles. The SMILES string of the molecule is CCCC(O)c1cc(C)c(-c2cc3cnc(N(C)C(=O)OC(C)(C)C)cc3cn2)cn1. The molecule has 1 atom stereocenters. The van der Waals surface area contributed by atoms with E-state index in [4.69, 9.17) is 4.74 Å². The number of aryl methyl sites for hydroxylation is 1. The van der Waals surface area contributed by atoms with Crippen LogP contribution in [0.4, 0.5) is 10.6 Å². The number of hydrogen-bond acceptors (Lipinski definition) is 6. The predicted molar refractivity (Wildman–Crippen MR) is 122 cm³/mol. The van der Waals surface area contributed by atoms with Crippen LogP contribution >= 0.6 is 0 Å². The van der Waals surface area contributed by atoms with Gasteiger partial charge in [-0.2, -0.15) is 0 Å². The van der Waals surface area contributed by atoms with Gasteiger partial charge in [0.2, 0.25) is 0 Å². The van der Waals surface area contributed by atoms with E-state index >= 15 is 0 Å². The molecule has 0 bridgehead atoms. The predicted octanol–water partition coefficient (Wildman–Crippen LogP) is 5.21. The fraction of sp³-hybridized carbons (Fsp3) is 0.417. The minimum absolute atomic E-state index is 0.462. The molecule has 0 radical (unpaired) electrons. The molecule has 0 aliphatic heterocycles. The van der Waals surface area contributed by atoms with E-state index in [0.717, 1.165) is 34.0 Å². The van der Waals surface area contributed by atoms with Gasteiger partial charge in [-0.25, -0.2) is 9.78 Å². The second-order valence-corrected chi connectivity index (χ2v) is 8.73. The Labute approximate surface area is 183 Å². The van der Waals surface area contributed by atoms with E-state index in [1.807, 2.05) is 52.8 Å². The molecule has 7 nitrogen and oxygen atoms in total. The number of nitrogens with zero attached hydrogens (tertiary/aromatic N) is 4. The van der Waals surface area contributed by atoms with E-state index in [1.54, 1.807) is 25.6 Å². The van der Waals surface area contributed by atoms with Crippen LogP contribution in [0.25, 0.3) is 22.0 Å². The molecule has 7 heteroatoms. The highest BCUT2D eigenvalue weighted by Gasteiger charge is 2.21. The molecule has 0 spiro atoms. The highest BCUT2D eigenvalue weighted by molar-refractivity contribution is 5.91. The quantitative estimate of drug-likeness (QED) is 0.607. The van der Waals surface area contributed by atoms with Crippen LogP contribution < -0.4 is 4.90 Å². The largest absolute Gasteiger partial charge is 0.443 e. The van der Waals surface area contributed by atoms with Crippen LogP contribution in [0.3, 0.4) is 0 Å². The molecule has 1 amide bonds. The molecule has 3 rings (SSSR count). The number of fused-ring (bicyclic) bond motifs is 1. The van der Waals surface area contributed by atoms with Gasteiger partial charge >= 0.3 is 6.09 Å². The third-order valence-electron chi connectivity index (χ3n) is 4.91. The van der Waals surface area contributed by atoms with E-state index in [2.05, 4.69) is 15.0 Å². The monoisotopic (exact) mass is 422 g/mol. The zero-order chi connectivity index (χ0) is 22.8. The van der Waals surface area contributed by atoms with E-state index in [0.29, 0.717) is 17.9 Å². The first-order valence-corrected chi connectivity index (χ1v) is 10.5. The van der Waals surface area contributed by atoms with E-state index in [9.17, 15) is 9.90 Å². The molecular formula is C24H30N4O3. The summed E-state index contributed by atoms with van der Waals surface area (Å²) in [5, 5.41) is 12.0. The van der Waals surface area contributed by atoms with Gasteiger partial charge in [-0.05, 0) is 57.9 Å². The van der Waals surface area contributed by atoms with Crippen LogP contribution in [0.2, 0.25) is 0 Å². The van der Waals surface area contributed by atoms with Gasteiger partial charge in [0.05, 0.1) is 17.5 Å². The normalized spacial score (nSPS) is 12.6. The van der Waals surface area contributed by atoms with Gasteiger partial charge in [-0.15, -0.1) is 0 Å². The fourth-order valence-corrected chi connectivity index (χ4v) is 3.23. The number of amides is 1. The van der Waals surface area contributed by atoms with Crippen LogP contribution in [0.15, 0.2) is 36.8 Å². The smallest absolute Gasteiger partial charge is 0.415 e. The van der Waals surface area contributed by atoms with Gasteiger partial charge in [0.1, 0.15) is 11.4 Å². The number of anilines is 1. The summed E-state index contributed by atoms with van der Waals surface area (Å²) in [6.07, 6.45) is 5.81. The lowest BCUT2D eigenvalue weighted by Gasteiger charge is -2.24. The molecule has 0 aliphatic rings. The molecule has 1 unspecified atom stereocenters. The van der Waals surface area contributed by atoms with Gasteiger partial charge in [0.25, 0.3) is 0 Å². The van der Waals surface area contributed by atoms with Crippen molar-refractivity contribution in [1.29, 1.82) is 0 Å². The highest BCUT2D eigenvalue weighted by atomic mass is 16.6. The number of pyridine rings is 3. The Morgan fingerprint density at radius 2 is 1.77 bits per heavy atom. The van der Waals surface area contributed by atoms with Gasteiger partial charge in [-0.3, -0.25) is 14.9 Å². The van der Waals surface area contributed by atoms with Crippen LogP contribution in [0.1, 0.15) is 57.9 Å². The molecule has 0 saturated heterocycles. The first-order chi connectivity index (χ1) is 14.6. The first-order valence-electron chi connectivity index (χ1n) is 10.5. The number of ether oxygens (including phenoxy) is 1. The van der Waals surface area contributed by atoms with E-state index < -0.39 is 17.8 Å². The van der Waals surface area contributed by atoms with Crippen molar-refractivity contribution in [3.05, 3.63) is 48.0 Å². The summed E-state index contributed by atoms with van der Waals surface area (Å²) in [6.45, 7) is 9.50. The van der Waals surface area contributed by atoms with Gasteiger partial charge < -0.3 is 9.84 Å². The molecule has 3 aromatic heterocycles. The number of hydrogen-bond donors (Lipinski definition) is 1. The highest BCUT2D eigenvalue weighted by Crippen LogP contribution is 2.28. The molecule has 3 heterocycles. The lowest BCUT2D eigenvalue weighted by Crippen LogP contribution is -2.34. The summed E-state index contributed by atoms with van der Waals surface area (Å²) in [4.78, 5) is 27.1. The summed E-state index contributed by atoms with van der Waals surface area (Å²) in [7, 11) is 1.63. The average Bonchev–Trinajstić information content (AvgIpc) is 2.71. The maximum absolute atomic E-state index is 12.3. The maximum Gasteiger partial charge on any atom is 0.415 e. The maximum atomic E-state index is 12.3. The van der Waals surface area contributed by atoms with Crippen LogP contribution in [0.5, 0.6) is 0 Å². The lowest BCUT2D eigenvalue weighted by molar-refractivity contribution is 0.0588. The second-order valence-electron chi connectivity index (χ2n) is 8.73. The molecule has 1 N–H and O–H groups in total. The van der Waals surface area contributed by atoms with Crippen LogP contribution in [-0.4, -0.2) is 38.8 Å². The number of carbonyl (C=O) groups excluding carboxylic acids is 1. The zero-order valence-electron chi connectivity index (χ0n) is 19.0. The summed E-state index contributed by atoms with van der Waals surface area (Å²) in [5.74, 6) is 0.489. The molecule has 0 aromatic carbocycles. The molecular weight excluding hydrogens is 392 g/mol. The zero-order valence-corrected chi connectivity index (χ0v) is 19.0. The van der Waals surface area contributed by atoms with Crippen LogP contribution in [-0.2, 0) is 4.74 Å². The minimum Gasteiger partial charge on any atom is -0.443 e. The number of aromatic nitrogens is 3. The van der Waals surface area contributed by atoms with Gasteiger partial charge in [-0.1, -0.05) is 13.3 Å². The first kappa shape index (κ1) is 22.6. The van der Waals surface area contributed by atoms with Crippen molar-refractivity contribution < 1.29 is 14.6 Å². The molecule has 3 aromatic rings. The summed E-state index contributed by atoms with van der Waals surface area (Å²) < 4.78 is 5.40. The van der Waals surface area contributed by atoms with Crippen molar-refractivity contribution in [2.75, 3.05) is 11.9 Å². The number of rotatable bonds is 5. The Hall–Kier alpha value is -3.06. The Bertz CT molecular complexity index is 1090. The molecule has 31 heavy (non-hydrogen) atoms. The Morgan fingerprint density at radius 3 is 2.42 bits per heavy atom. The lowest BCUT2D eigenvalue weighted by atomic mass is 10.0. The number of aliphatic hydroxyl groups is 1.